The molecule has 0 radical (unpaired) electrons. The molecule has 9 aromatic rings. The number of Topliss-reactive ketones (excluding diaryl/α,β-unsaturated/α-hetero) is 1. The van der Waals surface area contributed by atoms with Gasteiger partial charge in [-0.1, -0.05) is 62.2 Å². The summed E-state index contributed by atoms with van der Waals surface area (Å²) < 4.78 is 16.4. The molecule has 0 aliphatic carbocycles. The summed E-state index contributed by atoms with van der Waals surface area (Å²) in [5.74, 6) is 1.38. The summed E-state index contributed by atoms with van der Waals surface area (Å²) in [6, 6.07) is 32.9. The molecule has 6 N–H and O–H groups in total. The molecule has 18 nitrogen and oxygen atoms in total. The molecule has 1 atom stereocenters. The average molecular weight is 1240 g/mol. The van der Waals surface area contributed by atoms with Gasteiger partial charge in [0.25, 0.3) is 0 Å². The van der Waals surface area contributed by atoms with Crippen molar-refractivity contribution in [3.8, 4) is 0 Å². The minimum Gasteiger partial charge on any atom is -0.477 e. The van der Waals surface area contributed by atoms with Crippen molar-refractivity contribution < 1.29 is 29.0 Å². The van der Waals surface area contributed by atoms with Gasteiger partial charge < -0.3 is 40.8 Å². The predicted octanol–water partition coefficient (Wildman–Crippen LogP) is 13.1. The minimum absolute atomic E-state index is 0.0971. The van der Waals surface area contributed by atoms with E-state index in [9.17, 15) is 14.4 Å². The number of hydrogen-bond donors (Lipinski definition) is 5. The number of benzene rings is 4. The number of carbonyl (C=O) groups is 3. The largest absolute Gasteiger partial charge is 0.477 e. The number of anilines is 4. The van der Waals surface area contributed by atoms with Gasteiger partial charge in [0.1, 0.15) is 27.9 Å². The Morgan fingerprint density at radius 3 is 2.09 bits per heavy atom. The second kappa shape index (κ2) is 29.1. The molecule has 5 aromatic heterocycles. The molecule has 22 heteroatoms. The van der Waals surface area contributed by atoms with E-state index in [2.05, 4.69) is 96.0 Å². The number of fused-ring (bicyclic) bond motifs is 3. The van der Waals surface area contributed by atoms with Crippen LogP contribution in [0, 0.1) is 6.92 Å². The number of nitrogens with two attached hydrogens (primary N) is 1. The van der Waals surface area contributed by atoms with Gasteiger partial charge in [-0.2, -0.15) is 9.78 Å². The van der Waals surface area contributed by atoms with Crippen LogP contribution in [0.1, 0.15) is 65.7 Å². The van der Waals surface area contributed by atoms with E-state index in [1.807, 2.05) is 132 Å². The fraction of sp³-hybridized carbons (Fsp3) is 0.246. The fourth-order valence-corrected chi connectivity index (χ4v) is 9.33. The van der Waals surface area contributed by atoms with Gasteiger partial charge in [-0.3, -0.25) is 9.79 Å². The Morgan fingerprint density at radius 2 is 1.49 bits per heavy atom. The van der Waals surface area contributed by atoms with Gasteiger partial charge in [-0.25, -0.2) is 29.5 Å². The van der Waals surface area contributed by atoms with Gasteiger partial charge in [-0.15, -0.1) is 11.3 Å². The molecule has 4 aromatic carbocycles. The first kappa shape index (κ1) is 61.0. The van der Waals surface area contributed by atoms with Crippen molar-refractivity contribution in [2.45, 2.75) is 52.7 Å². The number of aliphatic imine (C=N–C) groups is 1. The quantitative estimate of drug-likeness (QED) is 0.0737. The lowest BCUT2D eigenvalue weighted by molar-refractivity contribution is 0.0522. The Kier molecular flexibility index (Phi) is 22.5. The Morgan fingerprint density at radius 1 is 0.835 bits per heavy atom. The van der Waals surface area contributed by atoms with E-state index in [1.54, 1.807) is 43.7 Å². The first-order valence-electron chi connectivity index (χ1n) is 24.6. The number of aromatic carboxylic acids is 1. The van der Waals surface area contributed by atoms with Crippen LogP contribution < -0.4 is 21.7 Å². The molecule has 2 aliphatic heterocycles. The third-order valence-corrected chi connectivity index (χ3v) is 13.2. The molecule has 0 saturated carbocycles. The maximum atomic E-state index is 12.2. The summed E-state index contributed by atoms with van der Waals surface area (Å²) >= 11 is 13.8. The molecule has 1 unspecified atom stereocenters. The number of hydrogen-bond acceptors (Lipinski definition) is 16. The molecule has 79 heavy (non-hydrogen) atoms. The molecule has 1 saturated heterocycles. The SMILES string of the molecule is CC(=O)c1cc2ccc(Br)cc2n1C.CC(C)(C)OC(=O)n1ncc2cc(Nc3ccnc(Cl)n3)ccc21.CNC.Cc1nccc(Nc2ccc(C3=CCN=C3)cc2)n1.NC1CCOC1.O=C(O)c1cc2ccc(Br)cc2s1. The summed E-state index contributed by atoms with van der Waals surface area (Å²) in [6.07, 6.45) is 9.49. The third-order valence-electron chi connectivity index (χ3n) is 11.0. The molecule has 0 spiro atoms. The monoisotopic (exact) mass is 1230 g/mol. The number of allylic oxidation sites excluding steroid dienone is 1. The molecule has 11 rings (SSSR count). The van der Waals surface area contributed by atoms with Crippen LogP contribution in [0.5, 0.6) is 0 Å². The van der Waals surface area contributed by atoms with E-state index < -0.39 is 17.7 Å². The third kappa shape index (κ3) is 18.7. The van der Waals surface area contributed by atoms with E-state index in [0.29, 0.717) is 22.3 Å². The predicted molar refractivity (Wildman–Crippen MR) is 325 cm³/mol. The highest BCUT2D eigenvalue weighted by Crippen LogP contribution is 2.29. The zero-order valence-corrected chi connectivity index (χ0v) is 49.5. The Balaban J connectivity index is 0.000000165. The number of carboxylic acids is 1. The summed E-state index contributed by atoms with van der Waals surface area (Å²) in [7, 11) is 5.66. The summed E-state index contributed by atoms with van der Waals surface area (Å²) in [5, 5.41) is 25.0. The van der Waals surface area contributed by atoms with Crippen molar-refractivity contribution in [2.75, 3.05) is 44.5 Å². The highest BCUT2D eigenvalue weighted by molar-refractivity contribution is 9.10. The van der Waals surface area contributed by atoms with Gasteiger partial charge in [-0.05, 0) is 155 Å². The number of rotatable bonds is 7. The number of aryl methyl sites for hydroxylation is 2. The van der Waals surface area contributed by atoms with Crippen molar-refractivity contribution in [3.05, 3.63) is 164 Å². The standard InChI is InChI=1S/C16H16ClN5O2.C15H14N4.C11H10BrNO.C9H5BrO2S.C4H9NO.C2H7N/c1-16(2,3)24-15(23)22-12-5-4-11(8-10(12)9-19-22)20-13-6-7-18-14(17)21-13;1-11-17-9-7-15(18-11)19-14-4-2-12(3-5-14)13-6-8-16-10-13;1-7(14)10-5-8-3-4-9(12)6-11(8)13(10)2;10-6-2-1-5-3-8(9(11)12)13-7(5)4-6;5-4-1-2-6-3-4;1-3-2/h4-9H,1-3H3,(H,18,20,21);2-7,9-10H,8H2,1H3,(H,17,18,19);3-6H,1-2H3;1-4H,(H,11,12);4H,1-3,5H2;3H,1-2H3. The van der Waals surface area contributed by atoms with E-state index in [0.717, 1.165) is 90.2 Å². The number of nitrogens with one attached hydrogen (secondary N) is 3. The maximum Gasteiger partial charge on any atom is 0.435 e. The highest BCUT2D eigenvalue weighted by Gasteiger charge is 2.20. The first-order valence-corrected chi connectivity index (χ1v) is 27.4. The molecule has 2 aliphatic rings. The second-order valence-corrected chi connectivity index (χ2v) is 21.8. The van der Waals surface area contributed by atoms with Crippen molar-refractivity contribution in [3.63, 3.8) is 0 Å². The number of ether oxygens (including phenoxy) is 2. The number of carboxylic acid groups (broad SMARTS) is 1. The smallest absolute Gasteiger partial charge is 0.435 e. The highest BCUT2D eigenvalue weighted by atomic mass is 79.9. The van der Waals surface area contributed by atoms with Crippen LogP contribution in [-0.4, -0.2) is 109 Å². The van der Waals surface area contributed by atoms with Crippen LogP contribution in [0.4, 0.5) is 27.8 Å². The average Bonchev–Trinajstić information content (AvgIpc) is 4.31. The van der Waals surface area contributed by atoms with E-state index >= 15 is 0 Å². The van der Waals surface area contributed by atoms with Crippen LogP contribution >= 0.6 is 54.8 Å². The second-order valence-electron chi connectivity index (χ2n) is 18.6. The Labute approximate surface area is 483 Å². The van der Waals surface area contributed by atoms with Crippen molar-refractivity contribution >= 4 is 139 Å². The zero-order chi connectivity index (χ0) is 57.2. The molecular formula is C57H61Br2ClN12O6S. The summed E-state index contributed by atoms with van der Waals surface area (Å²) in [5.41, 5.74) is 11.5. The maximum absolute atomic E-state index is 12.2. The van der Waals surface area contributed by atoms with Gasteiger partial charge >= 0.3 is 12.1 Å². The number of halogens is 3. The summed E-state index contributed by atoms with van der Waals surface area (Å²) in [4.78, 5) is 55.0. The molecule has 0 bridgehead atoms. The lowest BCUT2D eigenvalue weighted by Crippen LogP contribution is -2.27. The van der Waals surface area contributed by atoms with Crippen LogP contribution in [0.25, 0.3) is 37.5 Å². The lowest BCUT2D eigenvalue weighted by Gasteiger charge is -2.19. The number of nitrogens with zero attached hydrogens (tertiary/aromatic N) is 8. The Bertz CT molecular complexity index is 3590. The molecular weight excluding hydrogens is 1180 g/mol. The fourth-order valence-electron chi connectivity index (χ4n) is 7.38. The zero-order valence-electron chi connectivity index (χ0n) is 44.8. The molecule has 7 heterocycles. The molecule has 1 fully saturated rings. The van der Waals surface area contributed by atoms with Gasteiger partial charge in [0.2, 0.25) is 5.28 Å². The normalized spacial score (nSPS) is 13.2. The van der Waals surface area contributed by atoms with E-state index in [4.69, 9.17) is 31.9 Å². The van der Waals surface area contributed by atoms with Crippen LogP contribution in [0.15, 0.2) is 142 Å². The summed E-state index contributed by atoms with van der Waals surface area (Å²) in [6.45, 7) is 11.3. The van der Waals surface area contributed by atoms with Gasteiger partial charge in [0, 0.05) is 86.5 Å². The molecule has 412 valence electrons. The first-order chi connectivity index (χ1) is 37.7. The number of ketones is 1. The molecule has 0 amide bonds. The van der Waals surface area contributed by atoms with Gasteiger partial charge in [0.05, 0.1) is 30.6 Å². The lowest BCUT2D eigenvalue weighted by atomic mass is 10.1. The van der Waals surface area contributed by atoms with Crippen molar-refractivity contribution in [1.29, 1.82) is 0 Å². The minimum atomic E-state index is -0.864. The Hall–Kier alpha value is -7.24. The van der Waals surface area contributed by atoms with E-state index in [-0.39, 0.29) is 11.1 Å². The van der Waals surface area contributed by atoms with Crippen molar-refractivity contribution in [1.82, 2.24) is 39.6 Å². The van der Waals surface area contributed by atoms with Crippen LogP contribution in [0.2, 0.25) is 5.28 Å². The number of carbonyl (C=O) groups excluding carboxylic acids is 2. The van der Waals surface area contributed by atoms with E-state index in [1.165, 1.54) is 27.2 Å². The topological polar surface area (TPSA) is 239 Å². The van der Waals surface area contributed by atoms with Crippen molar-refractivity contribution in [2.24, 2.45) is 17.8 Å². The number of aromatic nitrogens is 7. The van der Waals surface area contributed by atoms with Gasteiger partial charge in [0.15, 0.2) is 5.78 Å². The van der Waals surface area contributed by atoms with Crippen LogP contribution in [0.3, 0.4) is 0 Å². The number of thiophene rings is 1. The van der Waals surface area contributed by atoms with Crippen LogP contribution in [-0.2, 0) is 16.5 Å².